The third-order valence-electron chi connectivity index (χ3n) is 8.68. The number of carbonyl (C=O) groups is 1. The van der Waals surface area contributed by atoms with Crippen LogP contribution < -0.4 is 9.64 Å². The molecule has 0 spiro atoms. The quantitative estimate of drug-likeness (QED) is 0.208. The van der Waals surface area contributed by atoms with Crippen LogP contribution in [0.25, 0.3) is 27.7 Å². The molecule has 0 bridgehead atoms. The first-order valence-corrected chi connectivity index (χ1v) is 14.9. The van der Waals surface area contributed by atoms with Gasteiger partial charge in [0.25, 0.3) is 0 Å². The van der Waals surface area contributed by atoms with Crippen LogP contribution in [-0.4, -0.2) is 52.6 Å². The molecule has 0 amide bonds. The number of H-pyrrole nitrogens is 1. The molecule has 1 atom stereocenters. The van der Waals surface area contributed by atoms with E-state index in [1.165, 1.54) is 22.4 Å². The lowest BCUT2D eigenvalue weighted by molar-refractivity contribution is 0.0694. The van der Waals surface area contributed by atoms with Crippen molar-refractivity contribution < 1.29 is 14.6 Å². The number of aromatic amines is 1. The number of carboxylic acids is 1. The Kier molecular flexibility index (Phi) is 7.17. The summed E-state index contributed by atoms with van der Waals surface area (Å²) in [5.41, 5.74) is 8.21. The van der Waals surface area contributed by atoms with Crippen molar-refractivity contribution in [3.63, 3.8) is 0 Å². The molecule has 216 valence electrons. The van der Waals surface area contributed by atoms with Crippen LogP contribution >= 0.6 is 0 Å². The molecule has 3 aromatic carbocycles. The van der Waals surface area contributed by atoms with Crippen molar-refractivity contribution in [3.05, 3.63) is 114 Å². The molecule has 5 aromatic rings. The SMILES string of the molecule is CN1CC=C(c2ccccc2[C@H]2CCCN2c2ccc(-c3ccc(C(=O)O)c(Oc4cnc5[nH]ccc5c4)c3)cc2)CC1. The van der Waals surface area contributed by atoms with Gasteiger partial charge in [-0.25, -0.2) is 9.78 Å². The number of rotatable bonds is 7. The van der Waals surface area contributed by atoms with Gasteiger partial charge in [0.05, 0.1) is 12.2 Å². The van der Waals surface area contributed by atoms with Gasteiger partial charge in [-0.15, -0.1) is 0 Å². The summed E-state index contributed by atoms with van der Waals surface area (Å²) in [7, 11) is 2.18. The molecule has 0 radical (unpaired) electrons. The zero-order valence-corrected chi connectivity index (χ0v) is 24.2. The number of hydrogen-bond donors (Lipinski definition) is 2. The van der Waals surface area contributed by atoms with E-state index in [0.29, 0.717) is 11.8 Å². The van der Waals surface area contributed by atoms with Crippen molar-refractivity contribution in [1.82, 2.24) is 14.9 Å². The number of fused-ring (bicyclic) bond motifs is 1. The number of anilines is 1. The Hall–Kier alpha value is -4.88. The zero-order chi connectivity index (χ0) is 29.3. The summed E-state index contributed by atoms with van der Waals surface area (Å²) in [6.45, 7) is 3.11. The molecule has 2 aliphatic heterocycles. The fourth-order valence-corrected chi connectivity index (χ4v) is 6.41. The maximum Gasteiger partial charge on any atom is 0.339 e. The Balaban J connectivity index is 1.15. The summed E-state index contributed by atoms with van der Waals surface area (Å²) in [5, 5.41) is 10.7. The summed E-state index contributed by atoms with van der Waals surface area (Å²) >= 11 is 0. The molecular weight excluding hydrogens is 536 g/mol. The molecular formula is C36H34N4O3. The number of benzene rings is 3. The number of pyridine rings is 1. The predicted octanol–water partition coefficient (Wildman–Crippen LogP) is 7.78. The smallest absolute Gasteiger partial charge is 0.339 e. The van der Waals surface area contributed by atoms with Gasteiger partial charge >= 0.3 is 5.97 Å². The number of aromatic carboxylic acids is 1. The maximum atomic E-state index is 12.0. The van der Waals surface area contributed by atoms with Crippen LogP contribution in [0, 0.1) is 0 Å². The van der Waals surface area contributed by atoms with E-state index in [9.17, 15) is 9.90 Å². The van der Waals surface area contributed by atoms with Gasteiger partial charge in [-0.3, -0.25) is 0 Å². The molecule has 2 aromatic heterocycles. The van der Waals surface area contributed by atoms with Crippen LogP contribution in [0.15, 0.2) is 97.3 Å². The zero-order valence-electron chi connectivity index (χ0n) is 24.2. The minimum absolute atomic E-state index is 0.104. The van der Waals surface area contributed by atoms with Crippen molar-refractivity contribution in [1.29, 1.82) is 0 Å². The number of aromatic nitrogens is 2. The second-order valence-corrected chi connectivity index (χ2v) is 11.4. The van der Waals surface area contributed by atoms with E-state index in [2.05, 4.69) is 81.4 Å². The molecule has 2 N–H and O–H groups in total. The highest BCUT2D eigenvalue weighted by atomic mass is 16.5. The second kappa shape index (κ2) is 11.4. The first kappa shape index (κ1) is 27.0. The standard InChI is InChI=1S/C36H34N4O3/c1-39-19-15-25(16-20-39)30-5-2-3-6-31(30)33-7-4-18-40(33)28-11-8-24(9-12-28)26-10-13-32(36(41)42)34(22-26)43-29-21-27-14-17-37-35(27)38-23-29/h2-3,5-6,8-15,17,21-23,33H,4,7,16,18-20H2,1H3,(H,37,38)(H,41,42)/t33-/m1/s1. The number of nitrogens with one attached hydrogen (secondary N) is 1. The van der Waals surface area contributed by atoms with Crippen LogP contribution in [-0.2, 0) is 0 Å². The molecule has 0 unspecified atom stereocenters. The van der Waals surface area contributed by atoms with E-state index in [1.54, 1.807) is 18.3 Å². The van der Waals surface area contributed by atoms with E-state index in [0.717, 1.165) is 61.1 Å². The monoisotopic (exact) mass is 570 g/mol. The molecule has 2 aliphatic rings. The second-order valence-electron chi connectivity index (χ2n) is 11.4. The number of carboxylic acid groups (broad SMARTS) is 1. The fourth-order valence-electron chi connectivity index (χ4n) is 6.41. The van der Waals surface area contributed by atoms with Crippen LogP contribution in [0.5, 0.6) is 11.5 Å². The third kappa shape index (κ3) is 5.40. The number of likely N-dealkylation sites (N-methyl/N-ethyl adjacent to an activating group) is 1. The van der Waals surface area contributed by atoms with E-state index < -0.39 is 5.97 Å². The van der Waals surface area contributed by atoms with E-state index >= 15 is 0 Å². The van der Waals surface area contributed by atoms with Gasteiger partial charge in [-0.2, -0.15) is 0 Å². The molecule has 0 aliphatic carbocycles. The van der Waals surface area contributed by atoms with Gasteiger partial charge in [-0.05, 0) is 90.5 Å². The molecule has 0 saturated carbocycles. The molecule has 43 heavy (non-hydrogen) atoms. The fraction of sp³-hybridized carbons (Fsp3) is 0.222. The van der Waals surface area contributed by atoms with Gasteiger partial charge in [0.2, 0.25) is 0 Å². The highest BCUT2D eigenvalue weighted by Crippen LogP contribution is 2.41. The minimum atomic E-state index is -1.04. The first-order valence-electron chi connectivity index (χ1n) is 14.9. The van der Waals surface area contributed by atoms with Crippen molar-refractivity contribution in [3.8, 4) is 22.6 Å². The Morgan fingerprint density at radius 3 is 2.65 bits per heavy atom. The summed E-state index contributed by atoms with van der Waals surface area (Å²) in [6, 6.07) is 26.8. The molecule has 1 fully saturated rings. The maximum absolute atomic E-state index is 12.0. The van der Waals surface area contributed by atoms with E-state index in [-0.39, 0.29) is 11.3 Å². The lowest BCUT2D eigenvalue weighted by Crippen LogP contribution is -2.25. The van der Waals surface area contributed by atoms with Crippen molar-refractivity contribution in [2.24, 2.45) is 0 Å². The normalized spacial score (nSPS) is 17.3. The van der Waals surface area contributed by atoms with E-state index in [1.807, 2.05) is 24.4 Å². The topological polar surface area (TPSA) is 81.7 Å². The highest BCUT2D eigenvalue weighted by Gasteiger charge is 2.29. The first-order chi connectivity index (χ1) is 21.0. The summed E-state index contributed by atoms with van der Waals surface area (Å²) in [6.07, 6.45) is 9.16. The van der Waals surface area contributed by atoms with Gasteiger partial charge in [0.1, 0.15) is 22.7 Å². The predicted molar refractivity (Wildman–Crippen MR) is 171 cm³/mol. The van der Waals surface area contributed by atoms with Crippen LogP contribution in [0.2, 0.25) is 0 Å². The largest absolute Gasteiger partial charge is 0.478 e. The van der Waals surface area contributed by atoms with Crippen LogP contribution in [0.3, 0.4) is 0 Å². The Labute approximate surface area is 251 Å². The molecule has 7 rings (SSSR count). The average Bonchev–Trinajstić information content (AvgIpc) is 3.71. The van der Waals surface area contributed by atoms with Gasteiger partial charge in [-0.1, -0.05) is 48.5 Å². The van der Waals surface area contributed by atoms with Crippen LogP contribution in [0.1, 0.15) is 46.8 Å². The minimum Gasteiger partial charge on any atom is -0.478 e. The van der Waals surface area contributed by atoms with Crippen molar-refractivity contribution >= 4 is 28.3 Å². The van der Waals surface area contributed by atoms with Gasteiger partial charge < -0.3 is 24.6 Å². The van der Waals surface area contributed by atoms with Gasteiger partial charge in [0, 0.05) is 36.9 Å². The number of nitrogens with zero attached hydrogens (tertiary/aromatic N) is 3. The molecule has 7 heteroatoms. The van der Waals surface area contributed by atoms with Crippen molar-refractivity contribution in [2.75, 3.05) is 31.6 Å². The lowest BCUT2D eigenvalue weighted by Gasteiger charge is -2.30. The molecule has 4 heterocycles. The highest BCUT2D eigenvalue weighted by molar-refractivity contribution is 5.92. The number of ether oxygens (including phenoxy) is 1. The van der Waals surface area contributed by atoms with E-state index in [4.69, 9.17) is 4.74 Å². The summed E-state index contributed by atoms with van der Waals surface area (Å²) in [4.78, 5) is 24.3. The summed E-state index contributed by atoms with van der Waals surface area (Å²) in [5.74, 6) is -0.271. The Morgan fingerprint density at radius 1 is 1.00 bits per heavy atom. The summed E-state index contributed by atoms with van der Waals surface area (Å²) < 4.78 is 6.07. The van der Waals surface area contributed by atoms with Gasteiger partial charge in [0.15, 0.2) is 0 Å². The average molecular weight is 571 g/mol. The molecule has 7 nitrogen and oxygen atoms in total. The Bertz CT molecular complexity index is 1820. The van der Waals surface area contributed by atoms with Crippen LogP contribution in [0.4, 0.5) is 5.69 Å². The third-order valence-corrected chi connectivity index (χ3v) is 8.68. The van der Waals surface area contributed by atoms with Crippen molar-refractivity contribution in [2.45, 2.75) is 25.3 Å². The lowest BCUT2D eigenvalue weighted by atomic mass is 9.90. The number of hydrogen-bond acceptors (Lipinski definition) is 5. The Morgan fingerprint density at radius 2 is 1.84 bits per heavy atom. The molecule has 1 saturated heterocycles.